The minimum atomic E-state index is -0.145. The molecule has 1 N–H and O–H groups in total. The van der Waals surface area contributed by atoms with E-state index in [0.29, 0.717) is 13.0 Å². The fourth-order valence-corrected chi connectivity index (χ4v) is 1.80. The van der Waals surface area contributed by atoms with Crippen molar-refractivity contribution in [1.82, 2.24) is 5.43 Å². The van der Waals surface area contributed by atoms with E-state index in [0.717, 1.165) is 16.9 Å². The number of carbonyl (C=O) groups excluding carboxylic acids is 1. The topological polar surface area (TPSA) is 50.7 Å². The molecule has 0 saturated carbocycles. The van der Waals surface area contributed by atoms with Crippen molar-refractivity contribution in [2.24, 2.45) is 5.10 Å². The Morgan fingerprint density at radius 1 is 1.14 bits per heavy atom. The molecule has 112 valence electrons. The van der Waals surface area contributed by atoms with E-state index in [2.05, 4.69) is 17.1 Å². The lowest BCUT2D eigenvalue weighted by Crippen LogP contribution is -2.19. The second kappa shape index (κ2) is 8.42. The zero-order valence-electron chi connectivity index (χ0n) is 12.2. The summed E-state index contributed by atoms with van der Waals surface area (Å²) in [5, 5.41) is 3.95. The van der Waals surface area contributed by atoms with Gasteiger partial charge >= 0.3 is 0 Å². The summed E-state index contributed by atoms with van der Waals surface area (Å²) in [6.45, 7) is 4.07. The molecule has 2 rings (SSSR count). The predicted octanol–water partition coefficient (Wildman–Crippen LogP) is 2.94. The number of benzene rings is 2. The highest BCUT2D eigenvalue weighted by molar-refractivity contribution is 5.83. The van der Waals surface area contributed by atoms with E-state index in [9.17, 15) is 4.79 Å². The number of carbonyl (C=O) groups is 1. The quantitative estimate of drug-likeness (QED) is 0.485. The van der Waals surface area contributed by atoms with Crippen LogP contribution in [0.3, 0.4) is 0 Å². The molecule has 0 aliphatic carbocycles. The van der Waals surface area contributed by atoms with Crippen molar-refractivity contribution in [2.45, 2.75) is 6.42 Å². The zero-order chi connectivity index (χ0) is 15.6. The molecule has 0 aliphatic heterocycles. The molecule has 0 saturated heterocycles. The normalized spacial score (nSPS) is 10.4. The third kappa shape index (κ3) is 5.25. The van der Waals surface area contributed by atoms with E-state index in [-0.39, 0.29) is 5.91 Å². The van der Waals surface area contributed by atoms with Crippen LogP contribution in [-0.2, 0) is 11.2 Å². The largest absolute Gasteiger partial charge is 0.490 e. The Morgan fingerprint density at radius 2 is 1.86 bits per heavy atom. The molecular formula is C18H18N2O2. The fourth-order valence-electron chi connectivity index (χ4n) is 1.80. The van der Waals surface area contributed by atoms with Gasteiger partial charge in [-0.15, -0.1) is 0 Å². The van der Waals surface area contributed by atoms with Gasteiger partial charge in [-0.3, -0.25) is 4.79 Å². The maximum Gasteiger partial charge on any atom is 0.244 e. The Balaban J connectivity index is 1.81. The molecule has 2 aromatic rings. The van der Waals surface area contributed by atoms with Crippen LogP contribution in [0.5, 0.6) is 5.75 Å². The Bertz CT molecular complexity index is 634. The molecule has 0 aliphatic rings. The van der Waals surface area contributed by atoms with Gasteiger partial charge in [-0.25, -0.2) is 5.43 Å². The molecule has 1 amide bonds. The van der Waals surface area contributed by atoms with Crippen molar-refractivity contribution >= 4 is 12.1 Å². The molecule has 22 heavy (non-hydrogen) atoms. The number of rotatable bonds is 7. The second-order valence-corrected chi connectivity index (χ2v) is 4.62. The Kier molecular flexibility index (Phi) is 5.93. The maximum absolute atomic E-state index is 11.7. The van der Waals surface area contributed by atoms with Crippen molar-refractivity contribution in [3.05, 3.63) is 78.4 Å². The average Bonchev–Trinajstić information content (AvgIpc) is 2.55. The van der Waals surface area contributed by atoms with Gasteiger partial charge in [-0.05, 0) is 35.4 Å². The van der Waals surface area contributed by atoms with Crippen molar-refractivity contribution in [2.75, 3.05) is 6.61 Å². The van der Waals surface area contributed by atoms with Gasteiger partial charge in [-0.1, -0.05) is 43.0 Å². The van der Waals surface area contributed by atoms with Gasteiger partial charge in [0.25, 0.3) is 0 Å². The molecule has 2 aromatic carbocycles. The number of nitrogens with zero attached hydrogens (tertiary/aromatic N) is 1. The summed E-state index contributed by atoms with van der Waals surface area (Å²) in [7, 11) is 0. The summed E-state index contributed by atoms with van der Waals surface area (Å²) in [6, 6.07) is 17.0. The van der Waals surface area contributed by atoms with Gasteiger partial charge in [-0.2, -0.15) is 5.10 Å². The molecule has 4 heteroatoms. The molecule has 0 aromatic heterocycles. The Labute approximate surface area is 130 Å². The highest BCUT2D eigenvalue weighted by Crippen LogP contribution is 2.10. The van der Waals surface area contributed by atoms with Crippen molar-refractivity contribution < 1.29 is 9.53 Å². The monoisotopic (exact) mass is 294 g/mol. The minimum Gasteiger partial charge on any atom is -0.490 e. The minimum absolute atomic E-state index is 0.145. The van der Waals surface area contributed by atoms with Crippen LogP contribution in [0.25, 0.3) is 0 Å². The van der Waals surface area contributed by atoms with Crippen LogP contribution in [0, 0.1) is 0 Å². The first kappa shape index (κ1) is 15.5. The van der Waals surface area contributed by atoms with Gasteiger partial charge in [0, 0.05) is 0 Å². The van der Waals surface area contributed by atoms with E-state index < -0.39 is 0 Å². The van der Waals surface area contributed by atoms with Crippen LogP contribution in [0.4, 0.5) is 0 Å². The predicted molar refractivity (Wildman–Crippen MR) is 88.0 cm³/mol. The van der Waals surface area contributed by atoms with Gasteiger partial charge in [0.05, 0.1) is 12.6 Å². The lowest BCUT2D eigenvalue weighted by molar-refractivity contribution is -0.120. The molecule has 0 bridgehead atoms. The molecule has 0 fully saturated rings. The summed E-state index contributed by atoms with van der Waals surface area (Å²) < 4.78 is 5.39. The van der Waals surface area contributed by atoms with E-state index in [4.69, 9.17) is 4.74 Å². The summed E-state index contributed by atoms with van der Waals surface area (Å²) in [6.07, 6.45) is 3.60. The van der Waals surface area contributed by atoms with Gasteiger partial charge in [0.1, 0.15) is 12.4 Å². The number of hydrogen-bond acceptors (Lipinski definition) is 3. The van der Waals surface area contributed by atoms with Crippen LogP contribution in [0.1, 0.15) is 11.1 Å². The highest BCUT2D eigenvalue weighted by Gasteiger charge is 2.00. The summed E-state index contributed by atoms with van der Waals surface area (Å²) >= 11 is 0. The molecule has 0 heterocycles. The van der Waals surface area contributed by atoms with Crippen molar-refractivity contribution in [1.29, 1.82) is 0 Å². The molecule has 4 nitrogen and oxygen atoms in total. The Hall–Kier alpha value is -2.88. The van der Waals surface area contributed by atoms with Crippen LogP contribution < -0.4 is 10.2 Å². The first-order chi connectivity index (χ1) is 10.8. The number of amides is 1. The third-order valence-corrected chi connectivity index (χ3v) is 2.86. The van der Waals surface area contributed by atoms with E-state index in [1.165, 1.54) is 0 Å². The zero-order valence-corrected chi connectivity index (χ0v) is 12.2. The standard InChI is InChI=1S/C18H18N2O2/c1-2-12-22-17-10-8-16(9-11-17)14-19-20-18(21)13-15-6-4-3-5-7-15/h2-11,14H,1,12-13H2,(H,20,21)/b19-14+. The van der Waals surface area contributed by atoms with Gasteiger partial charge in [0.2, 0.25) is 5.91 Å². The van der Waals surface area contributed by atoms with Crippen LogP contribution in [0.2, 0.25) is 0 Å². The fraction of sp³-hybridized carbons (Fsp3) is 0.111. The first-order valence-electron chi connectivity index (χ1n) is 6.97. The van der Waals surface area contributed by atoms with Crippen LogP contribution in [0.15, 0.2) is 72.4 Å². The van der Waals surface area contributed by atoms with E-state index in [1.807, 2.05) is 54.6 Å². The number of ether oxygens (including phenoxy) is 1. The molecule has 0 unspecified atom stereocenters. The first-order valence-corrected chi connectivity index (χ1v) is 6.97. The number of hydrazone groups is 1. The van der Waals surface area contributed by atoms with Crippen molar-refractivity contribution in [3.8, 4) is 5.75 Å². The number of hydrogen-bond donors (Lipinski definition) is 1. The van der Waals surface area contributed by atoms with Crippen LogP contribution in [-0.4, -0.2) is 18.7 Å². The molecular weight excluding hydrogens is 276 g/mol. The highest BCUT2D eigenvalue weighted by atomic mass is 16.5. The van der Waals surface area contributed by atoms with Crippen LogP contribution >= 0.6 is 0 Å². The van der Waals surface area contributed by atoms with E-state index in [1.54, 1.807) is 12.3 Å². The van der Waals surface area contributed by atoms with Gasteiger partial charge in [0.15, 0.2) is 0 Å². The molecule has 0 spiro atoms. The summed E-state index contributed by atoms with van der Waals surface area (Å²) in [5.41, 5.74) is 4.35. The second-order valence-electron chi connectivity index (χ2n) is 4.62. The average molecular weight is 294 g/mol. The summed E-state index contributed by atoms with van der Waals surface area (Å²) in [5.74, 6) is 0.624. The summed E-state index contributed by atoms with van der Waals surface area (Å²) in [4.78, 5) is 11.7. The maximum atomic E-state index is 11.7. The van der Waals surface area contributed by atoms with Gasteiger partial charge < -0.3 is 4.74 Å². The lowest BCUT2D eigenvalue weighted by Gasteiger charge is -2.03. The van der Waals surface area contributed by atoms with Crippen molar-refractivity contribution in [3.63, 3.8) is 0 Å². The van der Waals surface area contributed by atoms with E-state index >= 15 is 0 Å². The Morgan fingerprint density at radius 3 is 2.55 bits per heavy atom. The number of nitrogens with one attached hydrogen (secondary N) is 1. The lowest BCUT2D eigenvalue weighted by atomic mass is 10.1. The third-order valence-electron chi connectivity index (χ3n) is 2.86. The smallest absolute Gasteiger partial charge is 0.244 e. The molecule has 0 atom stereocenters. The SMILES string of the molecule is C=CCOc1ccc(/C=N/NC(=O)Cc2ccccc2)cc1. The molecule has 0 radical (unpaired) electrons.